The zero-order chi connectivity index (χ0) is 16.3. The van der Waals surface area contributed by atoms with Crippen LogP contribution in [0.3, 0.4) is 0 Å². The molecule has 120 valence electrons. The third kappa shape index (κ3) is 3.11. The van der Waals surface area contributed by atoms with Crippen LogP contribution in [-0.2, 0) is 4.79 Å². The third-order valence-electron chi connectivity index (χ3n) is 3.56. The van der Waals surface area contributed by atoms with Crippen LogP contribution in [0.4, 0.5) is 0 Å². The van der Waals surface area contributed by atoms with E-state index < -0.39 is 12.0 Å². The summed E-state index contributed by atoms with van der Waals surface area (Å²) in [5.74, 6) is -0.630. The fourth-order valence-electron chi connectivity index (χ4n) is 2.58. The molecule has 1 heterocycles. The molecule has 0 spiro atoms. The number of carbonyl (C=O) groups is 2. The SMILES string of the molecule is CCOc1cc(C(=O)N2CCCC2C(=O)O)cc(Cl)c1OC. The molecule has 0 saturated carbocycles. The Hall–Kier alpha value is -1.95. The number of nitrogens with zero attached hydrogens (tertiary/aromatic N) is 1. The van der Waals surface area contributed by atoms with Gasteiger partial charge in [-0.25, -0.2) is 4.79 Å². The van der Waals surface area contributed by atoms with Crippen LogP contribution in [0.25, 0.3) is 0 Å². The molecule has 1 saturated heterocycles. The van der Waals surface area contributed by atoms with Crippen LogP contribution in [0, 0.1) is 0 Å². The summed E-state index contributed by atoms with van der Waals surface area (Å²) < 4.78 is 10.6. The first kappa shape index (κ1) is 16.4. The van der Waals surface area contributed by atoms with Gasteiger partial charge in [-0.15, -0.1) is 0 Å². The number of hydrogen-bond acceptors (Lipinski definition) is 4. The Balaban J connectivity index is 2.35. The van der Waals surface area contributed by atoms with Gasteiger partial charge in [0.15, 0.2) is 11.5 Å². The van der Waals surface area contributed by atoms with Crippen LogP contribution < -0.4 is 9.47 Å². The van der Waals surface area contributed by atoms with E-state index in [0.717, 1.165) is 0 Å². The van der Waals surface area contributed by atoms with Crippen LogP contribution in [0.15, 0.2) is 12.1 Å². The van der Waals surface area contributed by atoms with Crippen LogP contribution in [0.5, 0.6) is 11.5 Å². The van der Waals surface area contributed by atoms with Gasteiger partial charge in [0.05, 0.1) is 18.7 Å². The van der Waals surface area contributed by atoms with Gasteiger partial charge in [-0.05, 0) is 31.9 Å². The van der Waals surface area contributed by atoms with E-state index in [4.69, 9.17) is 21.1 Å². The number of ether oxygens (including phenoxy) is 2. The van der Waals surface area contributed by atoms with Gasteiger partial charge in [0.25, 0.3) is 5.91 Å². The molecule has 1 N–H and O–H groups in total. The fourth-order valence-corrected chi connectivity index (χ4v) is 2.87. The Labute approximate surface area is 133 Å². The lowest BCUT2D eigenvalue weighted by Crippen LogP contribution is -2.40. The highest BCUT2D eigenvalue weighted by Gasteiger charge is 2.34. The van der Waals surface area contributed by atoms with Gasteiger partial charge in [-0.3, -0.25) is 4.79 Å². The maximum Gasteiger partial charge on any atom is 0.326 e. The number of carboxylic acids is 1. The molecule has 6 nitrogen and oxygen atoms in total. The van der Waals surface area contributed by atoms with Crippen molar-refractivity contribution >= 4 is 23.5 Å². The standard InChI is InChI=1S/C15H18ClNO5/c1-3-22-12-8-9(7-10(16)13(12)21-2)14(18)17-6-4-5-11(17)15(19)20/h7-8,11H,3-6H2,1-2H3,(H,19,20). The lowest BCUT2D eigenvalue weighted by molar-refractivity contribution is -0.141. The van der Waals surface area contributed by atoms with E-state index in [1.165, 1.54) is 24.1 Å². The molecule has 2 rings (SSSR count). The van der Waals surface area contributed by atoms with Gasteiger partial charge >= 0.3 is 5.97 Å². The second-order valence-corrected chi connectivity index (χ2v) is 5.32. The smallest absolute Gasteiger partial charge is 0.326 e. The molecule has 0 aromatic heterocycles. The molecule has 1 aromatic rings. The summed E-state index contributed by atoms with van der Waals surface area (Å²) in [5.41, 5.74) is 0.294. The summed E-state index contributed by atoms with van der Waals surface area (Å²) in [4.78, 5) is 25.2. The van der Waals surface area contributed by atoms with Crippen molar-refractivity contribution in [1.29, 1.82) is 0 Å². The van der Waals surface area contributed by atoms with Crippen LogP contribution >= 0.6 is 11.6 Å². The first-order chi connectivity index (χ1) is 10.5. The van der Waals surface area contributed by atoms with Crippen molar-refractivity contribution in [2.24, 2.45) is 0 Å². The van der Waals surface area contributed by atoms with Crippen molar-refractivity contribution in [2.75, 3.05) is 20.3 Å². The number of carboxylic acid groups (broad SMARTS) is 1. The number of hydrogen-bond donors (Lipinski definition) is 1. The van der Waals surface area contributed by atoms with Crippen LogP contribution in [0.2, 0.25) is 5.02 Å². The average Bonchev–Trinajstić information content (AvgIpc) is 2.96. The average molecular weight is 328 g/mol. The van der Waals surface area contributed by atoms with E-state index >= 15 is 0 Å². The van der Waals surface area contributed by atoms with E-state index in [-0.39, 0.29) is 10.9 Å². The van der Waals surface area contributed by atoms with Crippen molar-refractivity contribution in [3.8, 4) is 11.5 Å². The number of carbonyl (C=O) groups excluding carboxylic acids is 1. The van der Waals surface area contributed by atoms with Gasteiger partial charge in [-0.2, -0.15) is 0 Å². The number of benzene rings is 1. The maximum atomic E-state index is 12.6. The molecule has 1 atom stereocenters. The Kier molecular flexibility index (Phi) is 5.13. The minimum atomic E-state index is -0.990. The molecule has 1 aliphatic heterocycles. The molecule has 1 fully saturated rings. The number of methoxy groups -OCH3 is 1. The first-order valence-electron chi connectivity index (χ1n) is 7.03. The lowest BCUT2D eigenvalue weighted by atomic mass is 10.1. The Morgan fingerprint density at radius 1 is 1.45 bits per heavy atom. The number of aliphatic carboxylic acids is 1. The maximum absolute atomic E-state index is 12.6. The summed E-state index contributed by atoms with van der Waals surface area (Å²) >= 11 is 6.13. The summed E-state index contributed by atoms with van der Waals surface area (Å²) in [6.45, 7) is 2.62. The number of rotatable bonds is 5. The highest BCUT2D eigenvalue weighted by Crippen LogP contribution is 2.37. The third-order valence-corrected chi connectivity index (χ3v) is 3.84. The predicted molar refractivity (Wildman–Crippen MR) is 80.9 cm³/mol. The number of halogens is 1. The first-order valence-corrected chi connectivity index (χ1v) is 7.41. The van der Waals surface area contributed by atoms with Gasteiger partial charge < -0.3 is 19.5 Å². The van der Waals surface area contributed by atoms with Crippen molar-refractivity contribution in [1.82, 2.24) is 4.90 Å². The molecule has 1 unspecified atom stereocenters. The van der Waals surface area contributed by atoms with Crippen LogP contribution in [-0.4, -0.2) is 48.2 Å². The highest BCUT2D eigenvalue weighted by atomic mass is 35.5. The second-order valence-electron chi connectivity index (χ2n) is 4.92. The van der Waals surface area contributed by atoms with Crippen molar-refractivity contribution in [2.45, 2.75) is 25.8 Å². The Morgan fingerprint density at radius 2 is 2.18 bits per heavy atom. The Bertz CT molecular complexity index is 590. The molecule has 0 aliphatic carbocycles. The summed E-state index contributed by atoms with van der Waals surface area (Å²) in [6, 6.07) is 2.22. The number of likely N-dealkylation sites (tertiary alicyclic amines) is 1. The predicted octanol–water partition coefficient (Wildman–Crippen LogP) is 2.44. The fraction of sp³-hybridized carbons (Fsp3) is 0.467. The van der Waals surface area contributed by atoms with Crippen LogP contribution in [0.1, 0.15) is 30.1 Å². The largest absolute Gasteiger partial charge is 0.491 e. The molecule has 1 aromatic carbocycles. The van der Waals surface area contributed by atoms with Gasteiger partial charge in [-0.1, -0.05) is 11.6 Å². The van der Waals surface area contributed by atoms with E-state index in [1.807, 2.05) is 6.92 Å². The highest BCUT2D eigenvalue weighted by molar-refractivity contribution is 6.32. The molecule has 22 heavy (non-hydrogen) atoms. The van der Waals surface area contributed by atoms with E-state index in [0.29, 0.717) is 43.1 Å². The summed E-state index contributed by atoms with van der Waals surface area (Å²) in [7, 11) is 1.46. The zero-order valence-electron chi connectivity index (χ0n) is 12.5. The summed E-state index contributed by atoms with van der Waals surface area (Å²) in [6.07, 6.45) is 1.13. The molecule has 7 heteroatoms. The van der Waals surface area contributed by atoms with E-state index in [9.17, 15) is 14.7 Å². The minimum absolute atomic E-state index is 0.253. The van der Waals surface area contributed by atoms with Gasteiger partial charge in [0.2, 0.25) is 0 Å². The monoisotopic (exact) mass is 327 g/mol. The molecule has 1 aliphatic rings. The van der Waals surface area contributed by atoms with E-state index in [1.54, 1.807) is 0 Å². The zero-order valence-corrected chi connectivity index (χ0v) is 13.2. The minimum Gasteiger partial charge on any atom is -0.491 e. The molecular formula is C15H18ClNO5. The molecular weight excluding hydrogens is 310 g/mol. The Morgan fingerprint density at radius 3 is 2.77 bits per heavy atom. The number of amides is 1. The normalized spacial score (nSPS) is 17.4. The molecule has 0 radical (unpaired) electrons. The van der Waals surface area contributed by atoms with E-state index in [2.05, 4.69) is 0 Å². The quantitative estimate of drug-likeness (QED) is 0.899. The van der Waals surface area contributed by atoms with Gasteiger partial charge in [0, 0.05) is 12.1 Å². The second kappa shape index (κ2) is 6.87. The molecule has 1 amide bonds. The lowest BCUT2D eigenvalue weighted by Gasteiger charge is -2.22. The summed E-state index contributed by atoms with van der Waals surface area (Å²) in [5, 5.41) is 9.44. The topological polar surface area (TPSA) is 76.1 Å². The van der Waals surface area contributed by atoms with Crippen molar-refractivity contribution < 1.29 is 24.2 Å². The van der Waals surface area contributed by atoms with Crippen molar-refractivity contribution in [3.63, 3.8) is 0 Å². The molecule has 0 bridgehead atoms. The van der Waals surface area contributed by atoms with Crippen molar-refractivity contribution in [3.05, 3.63) is 22.7 Å². The van der Waals surface area contributed by atoms with Gasteiger partial charge in [0.1, 0.15) is 6.04 Å².